The maximum absolute atomic E-state index is 12.8. The third-order valence-electron chi connectivity index (χ3n) is 8.80. The number of hydrogen-bond donors (Lipinski definition) is 2. The lowest BCUT2D eigenvalue weighted by atomic mass is 9.53. The van der Waals surface area contributed by atoms with Crippen LogP contribution in [-0.4, -0.2) is 41.9 Å². The number of aromatic nitrogens is 1. The molecule has 0 bridgehead atoms. The summed E-state index contributed by atoms with van der Waals surface area (Å²) in [5.41, 5.74) is 2.65. The average molecular weight is 409 g/mol. The number of fused-ring (bicyclic) bond motifs is 3. The summed E-state index contributed by atoms with van der Waals surface area (Å²) in [5, 5.41) is 4.84. The van der Waals surface area contributed by atoms with Crippen LogP contribution in [0.3, 0.4) is 0 Å². The molecule has 2 aliphatic heterocycles. The van der Waals surface area contributed by atoms with Gasteiger partial charge in [0.15, 0.2) is 0 Å². The summed E-state index contributed by atoms with van der Waals surface area (Å²) in [7, 11) is 0. The number of esters is 1. The molecule has 0 radical (unpaired) electrons. The van der Waals surface area contributed by atoms with Gasteiger partial charge in [0.2, 0.25) is 0 Å². The fourth-order valence-corrected chi connectivity index (χ4v) is 7.29. The summed E-state index contributed by atoms with van der Waals surface area (Å²) in [6.07, 6.45) is 7.94. The Hall–Kier alpha value is -1.85. The minimum atomic E-state index is -0.0824. The number of carbonyl (C=O) groups is 1. The summed E-state index contributed by atoms with van der Waals surface area (Å²) in [4.78, 5) is 16.1. The van der Waals surface area contributed by atoms with E-state index in [-0.39, 0.29) is 41.0 Å². The van der Waals surface area contributed by atoms with Crippen LogP contribution in [0.2, 0.25) is 0 Å². The van der Waals surface area contributed by atoms with Crippen LogP contribution in [0, 0.1) is 23.2 Å². The third-order valence-corrected chi connectivity index (χ3v) is 8.80. The van der Waals surface area contributed by atoms with Crippen molar-refractivity contribution < 1.29 is 14.3 Å². The highest BCUT2D eigenvalue weighted by Crippen LogP contribution is 2.70. The number of para-hydroxylation sites is 1. The SMILES string of the molecule is C[C@H]1CCC[C@]2(C)C[C@H]3OC(=O)[C@H](CNCCc4c[nH]c5ccccc45)[C@H]3[C@H]3O[C@@]312. The molecule has 0 unspecified atom stereocenters. The summed E-state index contributed by atoms with van der Waals surface area (Å²) < 4.78 is 12.4. The van der Waals surface area contributed by atoms with Crippen molar-refractivity contribution in [1.29, 1.82) is 0 Å². The van der Waals surface area contributed by atoms with E-state index >= 15 is 0 Å². The molecule has 30 heavy (non-hydrogen) atoms. The minimum Gasteiger partial charge on any atom is -0.462 e. The highest BCUT2D eigenvalue weighted by atomic mass is 16.6. The molecular formula is C25H32N2O3. The fraction of sp³-hybridized carbons (Fsp3) is 0.640. The summed E-state index contributed by atoms with van der Waals surface area (Å²) in [6, 6.07) is 8.40. The topological polar surface area (TPSA) is 66.6 Å². The molecule has 2 N–H and O–H groups in total. The molecule has 1 aromatic carbocycles. The van der Waals surface area contributed by atoms with Crippen LogP contribution >= 0.6 is 0 Å². The standard InChI is InChI=1S/C25H32N2O3/c1-15-6-5-10-24(2)12-20-21(22-25(15,24)30-22)18(23(28)29-20)14-26-11-9-16-13-27-19-8-4-3-7-17(16)19/h3-4,7-8,13,15,18,20-22,26-27H,5-6,9-12,14H2,1-2H3/t15-,18+,20+,21+,22+,24+,25+/m0/s1. The smallest absolute Gasteiger partial charge is 0.311 e. The van der Waals surface area contributed by atoms with Gasteiger partial charge in [0.05, 0.1) is 12.0 Å². The monoisotopic (exact) mass is 408 g/mol. The summed E-state index contributed by atoms with van der Waals surface area (Å²) in [6.45, 7) is 6.26. The minimum absolute atomic E-state index is 0.0112. The molecule has 0 amide bonds. The zero-order valence-electron chi connectivity index (χ0n) is 17.9. The first-order chi connectivity index (χ1) is 14.5. The van der Waals surface area contributed by atoms with Crippen LogP contribution in [0.1, 0.15) is 45.1 Å². The maximum atomic E-state index is 12.8. The van der Waals surface area contributed by atoms with Crippen molar-refractivity contribution in [2.24, 2.45) is 23.2 Å². The van der Waals surface area contributed by atoms with E-state index < -0.39 is 0 Å². The Morgan fingerprint density at radius 1 is 1.30 bits per heavy atom. The molecular weight excluding hydrogens is 376 g/mol. The van der Waals surface area contributed by atoms with Crippen LogP contribution in [0.25, 0.3) is 10.9 Å². The van der Waals surface area contributed by atoms with E-state index in [2.05, 4.69) is 54.6 Å². The fourth-order valence-electron chi connectivity index (χ4n) is 7.29. The highest BCUT2D eigenvalue weighted by molar-refractivity contribution is 5.83. The van der Waals surface area contributed by atoms with Gasteiger partial charge in [-0.1, -0.05) is 38.5 Å². The number of H-pyrrole nitrogens is 1. The van der Waals surface area contributed by atoms with Gasteiger partial charge in [0.25, 0.3) is 0 Å². The molecule has 4 fully saturated rings. The number of rotatable bonds is 5. The number of epoxide rings is 1. The second-order valence-electron chi connectivity index (χ2n) is 10.4. The van der Waals surface area contributed by atoms with Crippen molar-refractivity contribution in [2.75, 3.05) is 13.1 Å². The molecule has 1 spiro atoms. The number of carbonyl (C=O) groups excluding carboxylic acids is 1. The second kappa shape index (κ2) is 6.57. The van der Waals surface area contributed by atoms with Crippen molar-refractivity contribution in [2.45, 2.75) is 63.8 Å². The molecule has 2 aliphatic carbocycles. The van der Waals surface area contributed by atoms with Crippen LogP contribution in [0.5, 0.6) is 0 Å². The van der Waals surface area contributed by atoms with E-state index in [4.69, 9.17) is 9.47 Å². The molecule has 4 aliphatic rings. The number of hydrogen-bond acceptors (Lipinski definition) is 4. The van der Waals surface area contributed by atoms with Gasteiger partial charge in [-0.25, -0.2) is 0 Å². The van der Waals surface area contributed by atoms with E-state index in [1.54, 1.807) is 0 Å². The first kappa shape index (κ1) is 18.9. The predicted molar refractivity (Wildman–Crippen MR) is 115 cm³/mol. The number of ether oxygens (including phenoxy) is 2. The van der Waals surface area contributed by atoms with Crippen molar-refractivity contribution in [3.05, 3.63) is 36.0 Å². The molecule has 2 saturated heterocycles. The molecule has 2 saturated carbocycles. The third kappa shape index (κ3) is 2.51. The van der Waals surface area contributed by atoms with Crippen molar-refractivity contribution >= 4 is 16.9 Å². The van der Waals surface area contributed by atoms with E-state index in [0.717, 1.165) is 19.4 Å². The predicted octanol–water partition coefficient (Wildman–Crippen LogP) is 3.83. The van der Waals surface area contributed by atoms with Crippen LogP contribution in [0.15, 0.2) is 30.5 Å². The van der Waals surface area contributed by atoms with Crippen molar-refractivity contribution in [3.63, 3.8) is 0 Å². The largest absolute Gasteiger partial charge is 0.462 e. The van der Waals surface area contributed by atoms with Crippen LogP contribution in [0.4, 0.5) is 0 Å². The van der Waals surface area contributed by atoms with Gasteiger partial charge in [-0.15, -0.1) is 0 Å². The van der Waals surface area contributed by atoms with E-state index in [9.17, 15) is 4.79 Å². The lowest BCUT2D eigenvalue weighted by Gasteiger charge is -2.48. The number of benzene rings is 1. The zero-order chi connectivity index (χ0) is 20.5. The van der Waals surface area contributed by atoms with Crippen molar-refractivity contribution in [3.8, 4) is 0 Å². The van der Waals surface area contributed by atoms with Gasteiger partial charge in [-0.2, -0.15) is 0 Å². The van der Waals surface area contributed by atoms with Gasteiger partial charge < -0.3 is 19.8 Å². The van der Waals surface area contributed by atoms with Crippen LogP contribution < -0.4 is 5.32 Å². The zero-order valence-corrected chi connectivity index (χ0v) is 17.9. The molecule has 7 atom stereocenters. The van der Waals surface area contributed by atoms with Gasteiger partial charge in [-0.3, -0.25) is 4.79 Å². The van der Waals surface area contributed by atoms with Gasteiger partial charge in [0, 0.05) is 35.0 Å². The highest BCUT2D eigenvalue weighted by Gasteiger charge is 2.78. The van der Waals surface area contributed by atoms with Crippen molar-refractivity contribution in [1.82, 2.24) is 10.3 Å². The molecule has 6 rings (SSSR count). The quantitative estimate of drug-likeness (QED) is 0.448. The molecule has 2 aromatic rings. The van der Waals surface area contributed by atoms with E-state index in [1.807, 2.05) is 0 Å². The second-order valence-corrected chi connectivity index (χ2v) is 10.4. The molecule has 1 aromatic heterocycles. The normalized spacial score (nSPS) is 41.8. The van der Waals surface area contributed by atoms with Gasteiger partial charge in [-0.05, 0) is 49.8 Å². The Labute approximate surface area is 177 Å². The molecule has 160 valence electrons. The maximum Gasteiger partial charge on any atom is 0.311 e. The number of nitrogens with one attached hydrogen (secondary N) is 2. The lowest BCUT2D eigenvalue weighted by Crippen LogP contribution is -2.54. The Morgan fingerprint density at radius 2 is 2.17 bits per heavy atom. The molecule has 5 heteroatoms. The molecule has 5 nitrogen and oxygen atoms in total. The Kier molecular flexibility index (Phi) is 4.14. The summed E-state index contributed by atoms with van der Waals surface area (Å²) >= 11 is 0. The van der Waals surface area contributed by atoms with Gasteiger partial charge in [0.1, 0.15) is 11.7 Å². The Morgan fingerprint density at radius 3 is 3.07 bits per heavy atom. The van der Waals surface area contributed by atoms with Crippen LogP contribution in [-0.2, 0) is 20.7 Å². The lowest BCUT2D eigenvalue weighted by molar-refractivity contribution is -0.146. The Bertz CT molecular complexity index is 986. The average Bonchev–Trinajstić information content (AvgIpc) is 3.25. The number of aromatic amines is 1. The Balaban J connectivity index is 1.13. The molecule has 3 heterocycles. The first-order valence-corrected chi connectivity index (χ1v) is 11.7. The van der Waals surface area contributed by atoms with Gasteiger partial charge >= 0.3 is 5.97 Å². The van der Waals surface area contributed by atoms with E-state index in [0.29, 0.717) is 12.5 Å². The van der Waals surface area contributed by atoms with E-state index in [1.165, 1.54) is 35.7 Å². The first-order valence-electron chi connectivity index (χ1n) is 11.7. The summed E-state index contributed by atoms with van der Waals surface area (Å²) in [5.74, 6) is 0.686.